The number of nitrogen functional groups attached to an aromatic ring is 1. The first-order valence-corrected chi connectivity index (χ1v) is 5.52. The standard InChI is InChI=1S/C12H12NP/c13-10-5-4-8-12(9-10)14-11-6-2-1-3-7-11/h1-9,14H,13H2. The molecule has 0 aliphatic heterocycles. The molecule has 0 radical (unpaired) electrons. The molecule has 2 aromatic rings. The van der Waals surface area contributed by atoms with Crippen molar-refractivity contribution >= 4 is 24.9 Å². The molecule has 1 atom stereocenters. The minimum atomic E-state index is 0.693. The van der Waals surface area contributed by atoms with Gasteiger partial charge in [-0.2, -0.15) is 0 Å². The molecule has 2 rings (SSSR count). The second-order valence-corrected chi connectivity index (χ2v) is 4.52. The molecular formula is C12H12NP. The summed E-state index contributed by atoms with van der Waals surface area (Å²) in [6, 6.07) is 18.5. The minimum Gasteiger partial charge on any atom is -0.399 e. The Balaban J connectivity index is 2.19. The summed E-state index contributed by atoms with van der Waals surface area (Å²) in [5.41, 5.74) is 6.56. The summed E-state index contributed by atoms with van der Waals surface area (Å²) in [6.45, 7) is 0. The van der Waals surface area contributed by atoms with E-state index in [2.05, 4.69) is 30.3 Å². The van der Waals surface area contributed by atoms with Gasteiger partial charge in [0.2, 0.25) is 0 Å². The van der Waals surface area contributed by atoms with Crippen molar-refractivity contribution in [3.05, 3.63) is 54.6 Å². The van der Waals surface area contributed by atoms with E-state index in [0.29, 0.717) is 8.58 Å². The molecule has 0 saturated carbocycles. The zero-order valence-electron chi connectivity index (χ0n) is 7.77. The topological polar surface area (TPSA) is 26.0 Å². The van der Waals surface area contributed by atoms with Crippen LogP contribution < -0.4 is 16.3 Å². The maximum absolute atomic E-state index is 5.72. The Morgan fingerprint density at radius 2 is 1.50 bits per heavy atom. The lowest BCUT2D eigenvalue weighted by molar-refractivity contribution is 1.73. The molecule has 0 saturated heterocycles. The lowest BCUT2D eigenvalue weighted by Gasteiger charge is -2.02. The van der Waals surface area contributed by atoms with Gasteiger partial charge >= 0.3 is 0 Å². The van der Waals surface area contributed by atoms with E-state index in [1.807, 2.05) is 24.3 Å². The van der Waals surface area contributed by atoms with Gasteiger partial charge < -0.3 is 5.73 Å². The second kappa shape index (κ2) is 4.26. The van der Waals surface area contributed by atoms with Crippen molar-refractivity contribution in [3.63, 3.8) is 0 Å². The minimum absolute atomic E-state index is 0.693. The number of anilines is 1. The predicted molar refractivity (Wildman–Crippen MR) is 64.9 cm³/mol. The Labute approximate surface area is 85.7 Å². The SMILES string of the molecule is Nc1cccc(Pc2ccccc2)c1. The zero-order chi connectivity index (χ0) is 9.80. The fraction of sp³-hybridized carbons (Fsp3) is 0. The number of rotatable bonds is 2. The molecule has 2 heteroatoms. The highest BCUT2D eigenvalue weighted by molar-refractivity contribution is 7.55. The van der Waals surface area contributed by atoms with Crippen molar-refractivity contribution in [1.82, 2.24) is 0 Å². The predicted octanol–water partition coefficient (Wildman–Crippen LogP) is 1.90. The van der Waals surface area contributed by atoms with Gasteiger partial charge in [0.05, 0.1) is 0 Å². The summed E-state index contributed by atoms with van der Waals surface area (Å²) in [5, 5.41) is 2.63. The van der Waals surface area contributed by atoms with Crippen LogP contribution in [0, 0.1) is 0 Å². The third-order valence-electron chi connectivity index (χ3n) is 1.95. The monoisotopic (exact) mass is 201 g/mol. The quantitative estimate of drug-likeness (QED) is 0.582. The average Bonchev–Trinajstić information content (AvgIpc) is 2.19. The molecule has 2 N–H and O–H groups in total. The van der Waals surface area contributed by atoms with E-state index in [1.165, 1.54) is 10.6 Å². The first-order chi connectivity index (χ1) is 6.84. The van der Waals surface area contributed by atoms with Crippen LogP contribution in [0.3, 0.4) is 0 Å². The van der Waals surface area contributed by atoms with E-state index in [9.17, 15) is 0 Å². The van der Waals surface area contributed by atoms with Gasteiger partial charge in [0, 0.05) is 5.69 Å². The van der Waals surface area contributed by atoms with Gasteiger partial charge in [-0.05, 0) is 22.7 Å². The van der Waals surface area contributed by atoms with Crippen LogP contribution in [0.2, 0.25) is 0 Å². The van der Waals surface area contributed by atoms with Crippen LogP contribution in [0.15, 0.2) is 54.6 Å². The molecule has 1 nitrogen and oxygen atoms in total. The molecule has 0 aliphatic rings. The van der Waals surface area contributed by atoms with Crippen LogP contribution in [-0.2, 0) is 0 Å². The van der Waals surface area contributed by atoms with E-state index in [1.54, 1.807) is 0 Å². The first kappa shape index (κ1) is 9.23. The summed E-state index contributed by atoms with van der Waals surface area (Å²) in [5.74, 6) is 0. The Morgan fingerprint density at radius 3 is 2.21 bits per heavy atom. The molecule has 0 heterocycles. The second-order valence-electron chi connectivity index (χ2n) is 3.12. The van der Waals surface area contributed by atoms with Crippen molar-refractivity contribution in [2.45, 2.75) is 0 Å². The first-order valence-electron chi connectivity index (χ1n) is 4.52. The number of nitrogens with two attached hydrogens (primary N) is 1. The van der Waals surface area contributed by atoms with Gasteiger partial charge in [-0.3, -0.25) is 0 Å². The van der Waals surface area contributed by atoms with E-state index < -0.39 is 0 Å². The summed E-state index contributed by atoms with van der Waals surface area (Å²) < 4.78 is 0. The number of benzene rings is 2. The Bertz CT molecular complexity index is 412. The highest BCUT2D eigenvalue weighted by atomic mass is 31.1. The average molecular weight is 201 g/mol. The third kappa shape index (κ3) is 2.34. The van der Waals surface area contributed by atoms with Crippen molar-refractivity contribution in [3.8, 4) is 0 Å². The van der Waals surface area contributed by atoms with E-state index >= 15 is 0 Å². The molecule has 0 aliphatic carbocycles. The molecule has 0 spiro atoms. The molecule has 0 bridgehead atoms. The highest BCUT2D eigenvalue weighted by Gasteiger charge is 1.94. The van der Waals surface area contributed by atoms with Crippen molar-refractivity contribution in [2.24, 2.45) is 0 Å². The fourth-order valence-electron chi connectivity index (χ4n) is 1.30. The zero-order valence-corrected chi connectivity index (χ0v) is 8.77. The molecular weight excluding hydrogens is 189 g/mol. The van der Waals surface area contributed by atoms with Gasteiger partial charge in [0.1, 0.15) is 0 Å². The van der Waals surface area contributed by atoms with E-state index in [0.717, 1.165) is 5.69 Å². The molecule has 0 fully saturated rings. The lowest BCUT2D eigenvalue weighted by atomic mass is 10.3. The van der Waals surface area contributed by atoms with Gasteiger partial charge in [-0.25, -0.2) is 0 Å². The number of hydrogen-bond acceptors (Lipinski definition) is 1. The lowest BCUT2D eigenvalue weighted by Crippen LogP contribution is -2.03. The molecule has 14 heavy (non-hydrogen) atoms. The Morgan fingerprint density at radius 1 is 0.786 bits per heavy atom. The van der Waals surface area contributed by atoms with Crippen LogP contribution in [0.1, 0.15) is 0 Å². The molecule has 2 aromatic carbocycles. The van der Waals surface area contributed by atoms with E-state index in [4.69, 9.17) is 5.73 Å². The van der Waals surface area contributed by atoms with Crippen LogP contribution in [0.4, 0.5) is 5.69 Å². The summed E-state index contributed by atoms with van der Waals surface area (Å²) >= 11 is 0. The number of hydrogen-bond donors (Lipinski definition) is 1. The van der Waals surface area contributed by atoms with Crippen molar-refractivity contribution in [2.75, 3.05) is 5.73 Å². The van der Waals surface area contributed by atoms with Crippen LogP contribution in [-0.4, -0.2) is 0 Å². The summed E-state index contributed by atoms with van der Waals surface area (Å²) in [6.07, 6.45) is 0. The maximum atomic E-state index is 5.72. The molecule has 70 valence electrons. The van der Waals surface area contributed by atoms with Gasteiger partial charge in [0.15, 0.2) is 0 Å². The molecule has 0 aromatic heterocycles. The van der Waals surface area contributed by atoms with Crippen LogP contribution >= 0.6 is 8.58 Å². The molecule has 0 amide bonds. The van der Waals surface area contributed by atoms with Crippen LogP contribution in [0.5, 0.6) is 0 Å². The highest BCUT2D eigenvalue weighted by Crippen LogP contribution is 2.11. The normalized spacial score (nSPS) is 10.9. The van der Waals surface area contributed by atoms with Gasteiger partial charge in [-0.15, -0.1) is 0 Å². The summed E-state index contributed by atoms with van der Waals surface area (Å²) in [4.78, 5) is 0. The fourth-order valence-corrected chi connectivity index (χ4v) is 2.42. The Hall–Kier alpha value is -1.33. The maximum Gasteiger partial charge on any atom is 0.0320 e. The largest absolute Gasteiger partial charge is 0.399 e. The Kier molecular flexibility index (Phi) is 2.81. The van der Waals surface area contributed by atoms with Crippen molar-refractivity contribution in [1.29, 1.82) is 0 Å². The van der Waals surface area contributed by atoms with E-state index in [-0.39, 0.29) is 0 Å². The molecule has 1 unspecified atom stereocenters. The summed E-state index contributed by atoms with van der Waals surface area (Å²) in [7, 11) is 0.693. The smallest absolute Gasteiger partial charge is 0.0320 e. The van der Waals surface area contributed by atoms with Crippen LogP contribution in [0.25, 0.3) is 0 Å². The van der Waals surface area contributed by atoms with Crippen molar-refractivity contribution < 1.29 is 0 Å². The third-order valence-corrected chi connectivity index (χ3v) is 3.17. The van der Waals surface area contributed by atoms with Gasteiger partial charge in [0.25, 0.3) is 0 Å². The van der Waals surface area contributed by atoms with Gasteiger partial charge in [-0.1, -0.05) is 51.0 Å².